The minimum Gasteiger partial charge on any atom is -0.508 e. The maximum Gasteiger partial charge on any atom is 0.221 e. The molecule has 1 rings (SSSR count). The van der Waals surface area contributed by atoms with E-state index in [0.29, 0.717) is 24.5 Å². The Kier molecular flexibility index (Phi) is 5.25. The van der Waals surface area contributed by atoms with Crippen LogP contribution in [0.25, 0.3) is 0 Å². The summed E-state index contributed by atoms with van der Waals surface area (Å²) < 4.78 is 0. The van der Waals surface area contributed by atoms with Crippen LogP contribution in [0.15, 0.2) is 18.2 Å². The summed E-state index contributed by atoms with van der Waals surface area (Å²) in [7, 11) is 3.51. The minimum atomic E-state index is 0.00664. The van der Waals surface area contributed by atoms with E-state index in [0.717, 1.165) is 5.56 Å². The lowest BCUT2D eigenvalue weighted by atomic mass is 10.2. The second-order valence-electron chi connectivity index (χ2n) is 3.93. The summed E-state index contributed by atoms with van der Waals surface area (Å²) in [6.07, 6.45) is 0.439. The average molecular weight is 257 g/mol. The van der Waals surface area contributed by atoms with E-state index in [1.54, 1.807) is 25.2 Å². The SMILES string of the molecule is CNC(=O)CCN(C)Cc1cc(Cl)ccc1O. The highest BCUT2D eigenvalue weighted by atomic mass is 35.5. The second-order valence-corrected chi connectivity index (χ2v) is 4.37. The predicted octanol–water partition coefficient (Wildman–Crippen LogP) is 1.61. The van der Waals surface area contributed by atoms with Crippen molar-refractivity contribution in [3.05, 3.63) is 28.8 Å². The standard InChI is InChI=1S/C12H17ClN2O2/c1-14-12(17)5-6-15(2)8-9-7-10(13)3-4-11(9)16/h3-4,7,16H,5-6,8H2,1-2H3,(H,14,17). The third kappa shape index (κ3) is 4.63. The maximum atomic E-state index is 11.1. The number of nitrogens with zero attached hydrogens (tertiary/aromatic N) is 1. The van der Waals surface area contributed by atoms with Crippen LogP contribution in [0.5, 0.6) is 5.75 Å². The van der Waals surface area contributed by atoms with Crippen molar-refractivity contribution in [3.8, 4) is 5.75 Å². The molecule has 0 radical (unpaired) electrons. The number of halogens is 1. The number of amides is 1. The van der Waals surface area contributed by atoms with Crippen molar-refractivity contribution >= 4 is 17.5 Å². The lowest BCUT2D eigenvalue weighted by Crippen LogP contribution is -2.26. The third-order valence-electron chi connectivity index (χ3n) is 2.48. The van der Waals surface area contributed by atoms with Crippen LogP contribution in [-0.2, 0) is 11.3 Å². The summed E-state index contributed by atoms with van der Waals surface area (Å²) in [6.45, 7) is 1.19. The molecule has 0 aliphatic heterocycles. The van der Waals surface area contributed by atoms with Crippen LogP contribution in [0, 0.1) is 0 Å². The van der Waals surface area contributed by atoms with Crippen molar-refractivity contribution in [2.24, 2.45) is 0 Å². The number of carbonyl (C=O) groups excluding carboxylic acids is 1. The lowest BCUT2D eigenvalue weighted by molar-refractivity contribution is -0.120. The normalized spacial score (nSPS) is 10.6. The number of carbonyl (C=O) groups is 1. The number of hydrogen-bond acceptors (Lipinski definition) is 3. The molecule has 1 amide bonds. The van der Waals surface area contributed by atoms with Crippen molar-refractivity contribution in [1.82, 2.24) is 10.2 Å². The van der Waals surface area contributed by atoms with Gasteiger partial charge in [-0.2, -0.15) is 0 Å². The van der Waals surface area contributed by atoms with Crippen LogP contribution in [0.2, 0.25) is 5.02 Å². The van der Waals surface area contributed by atoms with Crippen LogP contribution < -0.4 is 5.32 Å². The van der Waals surface area contributed by atoms with Gasteiger partial charge in [-0.25, -0.2) is 0 Å². The van der Waals surface area contributed by atoms with Crippen molar-refractivity contribution in [2.45, 2.75) is 13.0 Å². The van der Waals surface area contributed by atoms with Gasteiger partial charge in [0.1, 0.15) is 5.75 Å². The molecule has 0 aliphatic rings. The Morgan fingerprint density at radius 2 is 2.24 bits per heavy atom. The van der Waals surface area contributed by atoms with Gasteiger partial charge in [0.2, 0.25) is 5.91 Å². The quantitative estimate of drug-likeness (QED) is 0.842. The smallest absolute Gasteiger partial charge is 0.221 e. The molecule has 0 saturated carbocycles. The molecular weight excluding hydrogens is 240 g/mol. The van der Waals surface area contributed by atoms with E-state index in [2.05, 4.69) is 5.32 Å². The molecule has 17 heavy (non-hydrogen) atoms. The van der Waals surface area contributed by atoms with E-state index in [9.17, 15) is 9.90 Å². The summed E-state index contributed by atoms with van der Waals surface area (Å²) in [6, 6.07) is 4.95. The number of phenolic OH excluding ortho intramolecular Hbond substituents is 1. The van der Waals surface area contributed by atoms with Gasteiger partial charge in [-0.3, -0.25) is 4.79 Å². The molecule has 4 nitrogen and oxygen atoms in total. The predicted molar refractivity (Wildman–Crippen MR) is 68.1 cm³/mol. The van der Waals surface area contributed by atoms with E-state index in [1.807, 2.05) is 11.9 Å². The molecule has 94 valence electrons. The van der Waals surface area contributed by atoms with Gasteiger partial charge in [0.05, 0.1) is 0 Å². The molecule has 0 saturated heterocycles. The highest BCUT2D eigenvalue weighted by Gasteiger charge is 2.07. The Balaban J connectivity index is 2.52. The highest BCUT2D eigenvalue weighted by molar-refractivity contribution is 6.30. The number of hydrogen-bond donors (Lipinski definition) is 2. The van der Waals surface area contributed by atoms with Crippen molar-refractivity contribution in [1.29, 1.82) is 0 Å². The molecule has 1 aromatic rings. The van der Waals surface area contributed by atoms with Crippen molar-refractivity contribution in [2.75, 3.05) is 20.6 Å². The Morgan fingerprint density at radius 3 is 2.88 bits per heavy atom. The van der Waals surface area contributed by atoms with Crippen LogP contribution in [0.3, 0.4) is 0 Å². The van der Waals surface area contributed by atoms with Crippen molar-refractivity contribution in [3.63, 3.8) is 0 Å². The molecule has 0 aliphatic carbocycles. The van der Waals surface area contributed by atoms with Gasteiger partial charge in [0, 0.05) is 37.1 Å². The molecule has 0 bridgehead atoms. The molecule has 0 heterocycles. The summed E-state index contributed by atoms with van der Waals surface area (Å²) in [5.74, 6) is 0.230. The zero-order valence-corrected chi connectivity index (χ0v) is 10.8. The first-order valence-electron chi connectivity index (χ1n) is 5.39. The van der Waals surface area contributed by atoms with Crippen LogP contribution in [0.1, 0.15) is 12.0 Å². The summed E-state index contributed by atoms with van der Waals surface area (Å²) in [5, 5.41) is 12.8. The largest absolute Gasteiger partial charge is 0.508 e. The molecule has 2 N–H and O–H groups in total. The number of benzene rings is 1. The number of rotatable bonds is 5. The molecule has 1 aromatic carbocycles. The Morgan fingerprint density at radius 1 is 1.53 bits per heavy atom. The summed E-state index contributed by atoms with van der Waals surface area (Å²) in [5.41, 5.74) is 0.761. The first-order valence-corrected chi connectivity index (χ1v) is 5.77. The Labute approximate surface area is 106 Å². The fourth-order valence-corrected chi connectivity index (χ4v) is 1.66. The van der Waals surface area contributed by atoms with Crippen molar-refractivity contribution < 1.29 is 9.90 Å². The molecule has 5 heteroatoms. The molecular formula is C12H17ClN2O2. The monoisotopic (exact) mass is 256 g/mol. The van der Waals surface area contributed by atoms with E-state index >= 15 is 0 Å². The molecule has 0 aromatic heterocycles. The van der Waals surface area contributed by atoms with E-state index < -0.39 is 0 Å². The fourth-order valence-electron chi connectivity index (χ4n) is 1.47. The van der Waals surface area contributed by atoms with Gasteiger partial charge in [-0.05, 0) is 25.2 Å². The zero-order valence-electron chi connectivity index (χ0n) is 10.0. The second kappa shape index (κ2) is 6.47. The van der Waals surface area contributed by atoms with Crippen LogP contribution in [0.4, 0.5) is 0 Å². The Bertz CT molecular complexity index is 396. The first kappa shape index (κ1) is 13.8. The van der Waals surface area contributed by atoms with Gasteiger partial charge in [-0.15, -0.1) is 0 Å². The fraction of sp³-hybridized carbons (Fsp3) is 0.417. The minimum absolute atomic E-state index is 0.00664. The molecule has 0 spiro atoms. The van der Waals surface area contributed by atoms with Gasteiger partial charge in [-0.1, -0.05) is 11.6 Å². The van der Waals surface area contributed by atoms with E-state index in [-0.39, 0.29) is 11.7 Å². The van der Waals surface area contributed by atoms with E-state index in [1.165, 1.54) is 0 Å². The molecule has 0 unspecified atom stereocenters. The van der Waals surface area contributed by atoms with Crippen LogP contribution in [-0.4, -0.2) is 36.6 Å². The number of aromatic hydroxyl groups is 1. The summed E-state index contributed by atoms with van der Waals surface area (Å²) >= 11 is 5.86. The van der Waals surface area contributed by atoms with Crippen LogP contribution >= 0.6 is 11.6 Å². The number of nitrogens with one attached hydrogen (secondary N) is 1. The van der Waals surface area contributed by atoms with Gasteiger partial charge in [0.15, 0.2) is 0 Å². The van der Waals surface area contributed by atoms with Gasteiger partial charge in [0.25, 0.3) is 0 Å². The van der Waals surface area contributed by atoms with Gasteiger partial charge < -0.3 is 15.3 Å². The zero-order chi connectivity index (χ0) is 12.8. The molecule has 0 fully saturated rings. The lowest BCUT2D eigenvalue weighted by Gasteiger charge is -2.17. The highest BCUT2D eigenvalue weighted by Crippen LogP contribution is 2.22. The van der Waals surface area contributed by atoms with E-state index in [4.69, 9.17) is 11.6 Å². The first-order chi connectivity index (χ1) is 8.02. The summed E-state index contributed by atoms with van der Waals surface area (Å²) in [4.78, 5) is 13.0. The topological polar surface area (TPSA) is 52.6 Å². The maximum absolute atomic E-state index is 11.1. The third-order valence-corrected chi connectivity index (χ3v) is 2.72. The van der Waals surface area contributed by atoms with Gasteiger partial charge >= 0.3 is 0 Å². The molecule has 0 atom stereocenters. The Hall–Kier alpha value is -1.26. The average Bonchev–Trinajstić information content (AvgIpc) is 2.30. The number of phenols is 1.